The number of ketones is 1. The fourth-order valence-electron chi connectivity index (χ4n) is 2.38. The SMILES string of the molecule is Cc1cc(C(=O)COC(=O)CCNC(=O)OC(C)(C)C)c(C)n1CC(F)(F)F. The summed E-state index contributed by atoms with van der Waals surface area (Å²) in [5.74, 6) is -1.33. The summed E-state index contributed by atoms with van der Waals surface area (Å²) in [6, 6.07) is 1.33. The molecule has 28 heavy (non-hydrogen) atoms. The van der Waals surface area contributed by atoms with Gasteiger partial charge in [-0.3, -0.25) is 9.59 Å². The average Bonchev–Trinajstić information content (AvgIpc) is 2.77. The molecule has 0 spiro atoms. The molecule has 0 radical (unpaired) electrons. The molecule has 1 aromatic rings. The van der Waals surface area contributed by atoms with Gasteiger partial charge in [0.05, 0.1) is 6.42 Å². The van der Waals surface area contributed by atoms with E-state index in [0.717, 1.165) is 4.57 Å². The summed E-state index contributed by atoms with van der Waals surface area (Å²) in [4.78, 5) is 35.3. The predicted octanol–water partition coefficient (Wildman–Crippen LogP) is 3.31. The molecule has 0 aliphatic heterocycles. The number of hydrogen-bond donors (Lipinski definition) is 1. The van der Waals surface area contributed by atoms with Gasteiger partial charge >= 0.3 is 18.2 Å². The minimum Gasteiger partial charge on any atom is -0.457 e. The topological polar surface area (TPSA) is 86.6 Å². The van der Waals surface area contributed by atoms with Gasteiger partial charge in [0.25, 0.3) is 0 Å². The molecule has 0 bridgehead atoms. The van der Waals surface area contributed by atoms with Crippen molar-refractivity contribution < 1.29 is 37.0 Å². The molecule has 0 aliphatic rings. The fourth-order valence-corrected chi connectivity index (χ4v) is 2.38. The van der Waals surface area contributed by atoms with E-state index in [1.807, 2.05) is 0 Å². The molecule has 1 heterocycles. The smallest absolute Gasteiger partial charge is 0.407 e. The number of rotatable bonds is 7. The lowest BCUT2D eigenvalue weighted by atomic mass is 10.1. The number of aryl methyl sites for hydroxylation is 1. The minimum atomic E-state index is -4.41. The Bertz CT molecular complexity index is 733. The zero-order valence-electron chi connectivity index (χ0n) is 16.5. The Balaban J connectivity index is 2.51. The van der Waals surface area contributed by atoms with Crippen LogP contribution in [0.1, 0.15) is 48.9 Å². The molecule has 1 amide bonds. The van der Waals surface area contributed by atoms with Gasteiger partial charge < -0.3 is 19.4 Å². The van der Waals surface area contributed by atoms with Crippen molar-refractivity contribution in [2.24, 2.45) is 0 Å². The van der Waals surface area contributed by atoms with Crippen molar-refractivity contribution in [3.05, 3.63) is 23.0 Å². The van der Waals surface area contributed by atoms with E-state index in [1.165, 1.54) is 19.9 Å². The quantitative estimate of drug-likeness (QED) is 0.555. The van der Waals surface area contributed by atoms with Crippen molar-refractivity contribution in [1.82, 2.24) is 9.88 Å². The molecule has 0 saturated carbocycles. The summed E-state index contributed by atoms with van der Waals surface area (Å²) in [6.45, 7) is 6.11. The van der Waals surface area contributed by atoms with Crippen LogP contribution in [0.5, 0.6) is 0 Å². The Morgan fingerprint density at radius 2 is 1.75 bits per heavy atom. The van der Waals surface area contributed by atoms with Gasteiger partial charge in [-0.15, -0.1) is 0 Å². The first-order valence-electron chi connectivity index (χ1n) is 8.59. The van der Waals surface area contributed by atoms with Crippen molar-refractivity contribution in [2.45, 2.75) is 59.4 Å². The highest BCUT2D eigenvalue weighted by atomic mass is 19.4. The second kappa shape index (κ2) is 9.11. The Kier molecular flexibility index (Phi) is 7.66. The first kappa shape index (κ1) is 23.5. The van der Waals surface area contributed by atoms with E-state index in [9.17, 15) is 27.6 Å². The van der Waals surface area contributed by atoms with Gasteiger partial charge in [0.2, 0.25) is 5.78 Å². The summed E-state index contributed by atoms with van der Waals surface area (Å²) in [7, 11) is 0. The summed E-state index contributed by atoms with van der Waals surface area (Å²) in [6.07, 6.45) is -5.28. The highest BCUT2D eigenvalue weighted by Crippen LogP contribution is 2.23. The molecule has 0 aliphatic carbocycles. The van der Waals surface area contributed by atoms with Crippen LogP contribution in [0.25, 0.3) is 0 Å². The van der Waals surface area contributed by atoms with Gasteiger partial charge in [-0.1, -0.05) is 0 Å². The van der Waals surface area contributed by atoms with Crippen LogP contribution >= 0.6 is 0 Å². The number of nitrogens with zero attached hydrogens (tertiary/aromatic N) is 1. The number of amides is 1. The lowest BCUT2D eigenvalue weighted by Crippen LogP contribution is -2.33. The van der Waals surface area contributed by atoms with Crippen LogP contribution in [0.2, 0.25) is 0 Å². The second-order valence-electron chi connectivity index (χ2n) is 7.25. The maximum atomic E-state index is 12.6. The molecule has 10 heteroatoms. The number of Topliss-reactive ketones (excluding diaryl/α,β-unsaturated/α-hetero) is 1. The number of halogens is 3. The first-order chi connectivity index (χ1) is 12.7. The third-order valence-corrected chi connectivity index (χ3v) is 3.57. The van der Waals surface area contributed by atoms with Crippen LogP contribution in [0.15, 0.2) is 6.07 Å². The number of carbonyl (C=O) groups excluding carboxylic acids is 3. The standard InChI is InChI=1S/C18H25F3N2O5/c1-11-8-13(12(2)23(11)10-18(19,20)21)14(24)9-27-15(25)6-7-22-16(26)28-17(3,4)5/h8H,6-7,9-10H2,1-5H3,(H,22,26). The van der Waals surface area contributed by atoms with Crippen LogP contribution in [-0.2, 0) is 20.8 Å². The van der Waals surface area contributed by atoms with Crippen LogP contribution in [-0.4, -0.2) is 47.3 Å². The number of alkyl halides is 3. The van der Waals surface area contributed by atoms with E-state index >= 15 is 0 Å². The zero-order valence-corrected chi connectivity index (χ0v) is 16.5. The lowest BCUT2D eigenvalue weighted by molar-refractivity contribution is -0.142. The van der Waals surface area contributed by atoms with E-state index in [-0.39, 0.29) is 29.9 Å². The molecule has 7 nitrogen and oxygen atoms in total. The molecule has 0 unspecified atom stereocenters. The summed E-state index contributed by atoms with van der Waals surface area (Å²) < 4.78 is 48.7. The molecular formula is C18H25F3N2O5. The summed E-state index contributed by atoms with van der Waals surface area (Å²) in [5, 5.41) is 2.37. The van der Waals surface area contributed by atoms with Crippen LogP contribution in [0, 0.1) is 13.8 Å². The zero-order chi connectivity index (χ0) is 21.7. The normalized spacial score (nSPS) is 11.9. The number of ether oxygens (including phenoxy) is 2. The van der Waals surface area contributed by atoms with Gasteiger partial charge in [-0.2, -0.15) is 13.2 Å². The van der Waals surface area contributed by atoms with Crippen LogP contribution in [0.3, 0.4) is 0 Å². The van der Waals surface area contributed by atoms with E-state index in [1.54, 1.807) is 20.8 Å². The number of nitrogens with one attached hydrogen (secondary N) is 1. The maximum Gasteiger partial charge on any atom is 0.407 e. The molecule has 1 aromatic heterocycles. The van der Waals surface area contributed by atoms with Gasteiger partial charge in [0.15, 0.2) is 6.61 Å². The third-order valence-electron chi connectivity index (χ3n) is 3.57. The van der Waals surface area contributed by atoms with Crippen molar-refractivity contribution in [1.29, 1.82) is 0 Å². The van der Waals surface area contributed by atoms with Gasteiger partial charge in [-0.25, -0.2) is 4.79 Å². The minimum absolute atomic E-state index is 0.0397. The van der Waals surface area contributed by atoms with Crippen molar-refractivity contribution in [3.63, 3.8) is 0 Å². The summed E-state index contributed by atoms with van der Waals surface area (Å²) >= 11 is 0. The predicted molar refractivity (Wildman–Crippen MR) is 94.1 cm³/mol. The Morgan fingerprint density at radius 1 is 1.14 bits per heavy atom. The Morgan fingerprint density at radius 3 is 2.29 bits per heavy atom. The van der Waals surface area contributed by atoms with E-state index in [2.05, 4.69) is 5.32 Å². The van der Waals surface area contributed by atoms with E-state index in [4.69, 9.17) is 9.47 Å². The number of aromatic nitrogens is 1. The second-order valence-corrected chi connectivity index (χ2v) is 7.25. The maximum absolute atomic E-state index is 12.6. The van der Waals surface area contributed by atoms with Crippen molar-refractivity contribution >= 4 is 17.8 Å². The molecule has 0 atom stereocenters. The molecule has 158 valence electrons. The highest BCUT2D eigenvalue weighted by molar-refractivity contribution is 5.99. The molecule has 1 rings (SSSR count). The van der Waals surface area contributed by atoms with Gasteiger partial charge in [0.1, 0.15) is 12.1 Å². The van der Waals surface area contributed by atoms with E-state index in [0.29, 0.717) is 0 Å². The fraction of sp³-hybridized carbons (Fsp3) is 0.611. The van der Waals surface area contributed by atoms with Gasteiger partial charge in [0, 0.05) is 23.5 Å². The molecule has 0 fully saturated rings. The third kappa shape index (κ3) is 8.01. The first-order valence-corrected chi connectivity index (χ1v) is 8.59. The summed E-state index contributed by atoms with van der Waals surface area (Å²) in [5.41, 5.74) is -0.162. The monoisotopic (exact) mass is 406 g/mol. The Hall–Kier alpha value is -2.52. The molecule has 0 saturated heterocycles. The van der Waals surface area contributed by atoms with Gasteiger partial charge in [-0.05, 0) is 40.7 Å². The number of esters is 1. The molecule has 1 N–H and O–H groups in total. The largest absolute Gasteiger partial charge is 0.457 e. The van der Waals surface area contributed by atoms with Crippen LogP contribution < -0.4 is 5.32 Å². The molecule has 0 aromatic carbocycles. The van der Waals surface area contributed by atoms with Crippen molar-refractivity contribution in [3.8, 4) is 0 Å². The van der Waals surface area contributed by atoms with Crippen molar-refractivity contribution in [2.75, 3.05) is 13.2 Å². The number of hydrogen-bond acceptors (Lipinski definition) is 5. The number of carbonyl (C=O) groups is 3. The number of alkyl carbamates (subject to hydrolysis) is 1. The Labute approximate surface area is 161 Å². The highest BCUT2D eigenvalue weighted by Gasteiger charge is 2.30. The average molecular weight is 406 g/mol. The molecular weight excluding hydrogens is 381 g/mol. The lowest BCUT2D eigenvalue weighted by Gasteiger charge is -2.19. The van der Waals surface area contributed by atoms with Crippen LogP contribution in [0.4, 0.5) is 18.0 Å². The van der Waals surface area contributed by atoms with E-state index < -0.39 is 42.8 Å².